The summed E-state index contributed by atoms with van der Waals surface area (Å²) in [7, 11) is -3.74. The highest BCUT2D eigenvalue weighted by Crippen LogP contribution is 2.24. The summed E-state index contributed by atoms with van der Waals surface area (Å²) >= 11 is 5.88. The Morgan fingerprint density at radius 3 is 2.27 bits per heavy atom. The average molecular weight is 450 g/mol. The van der Waals surface area contributed by atoms with E-state index >= 15 is 0 Å². The molecule has 156 valence electrons. The Bertz CT molecular complexity index is 1160. The minimum atomic E-state index is -3.74. The van der Waals surface area contributed by atoms with E-state index in [9.17, 15) is 17.6 Å². The highest BCUT2D eigenvalue weighted by Gasteiger charge is 2.31. The van der Waals surface area contributed by atoms with Crippen LogP contribution in [0.3, 0.4) is 0 Å². The number of carbonyl (C=O) groups is 1. The monoisotopic (exact) mass is 449 g/mol. The molecule has 0 atom stereocenters. The molecular formula is C20H17ClFN3O4S. The summed E-state index contributed by atoms with van der Waals surface area (Å²) in [6, 6.07) is 13.2. The number of sulfonamides is 1. The summed E-state index contributed by atoms with van der Waals surface area (Å²) in [5, 5.41) is 4.43. The molecule has 3 aromatic rings. The number of piperazine rings is 1. The number of amides is 1. The van der Waals surface area contributed by atoms with Crippen LogP contribution in [0.5, 0.6) is 0 Å². The number of aromatic nitrogens is 1. The van der Waals surface area contributed by atoms with Crippen LogP contribution in [0.4, 0.5) is 4.39 Å². The van der Waals surface area contributed by atoms with Crippen LogP contribution in [0.25, 0.3) is 11.3 Å². The number of carbonyl (C=O) groups excluding carboxylic acids is 1. The Labute approximate surface area is 177 Å². The van der Waals surface area contributed by atoms with Gasteiger partial charge in [-0.2, -0.15) is 4.31 Å². The maximum absolute atomic E-state index is 13.1. The van der Waals surface area contributed by atoms with Gasteiger partial charge >= 0.3 is 0 Å². The Morgan fingerprint density at radius 2 is 1.63 bits per heavy atom. The zero-order valence-corrected chi connectivity index (χ0v) is 17.2. The molecular weight excluding hydrogens is 433 g/mol. The molecule has 0 saturated carbocycles. The maximum Gasteiger partial charge on any atom is 0.276 e. The number of nitrogens with zero attached hydrogens (tertiary/aromatic N) is 3. The molecule has 1 aliphatic rings. The minimum absolute atomic E-state index is 0.0211. The third kappa shape index (κ3) is 4.09. The molecule has 0 radical (unpaired) electrons. The van der Waals surface area contributed by atoms with Crippen LogP contribution in [-0.4, -0.2) is 54.9 Å². The molecule has 0 bridgehead atoms. The van der Waals surface area contributed by atoms with Crippen molar-refractivity contribution in [3.63, 3.8) is 0 Å². The molecule has 30 heavy (non-hydrogen) atoms. The fourth-order valence-electron chi connectivity index (χ4n) is 3.18. The first-order valence-corrected chi connectivity index (χ1v) is 10.9. The quantitative estimate of drug-likeness (QED) is 0.610. The Hall–Kier alpha value is -2.75. The van der Waals surface area contributed by atoms with Crippen LogP contribution < -0.4 is 0 Å². The van der Waals surface area contributed by atoms with Crippen LogP contribution in [0, 0.1) is 5.82 Å². The number of benzene rings is 2. The fourth-order valence-corrected chi connectivity index (χ4v) is 4.72. The van der Waals surface area contributed by atoms with E-state index in [2.05, 4.69) is 5.16 Å². The summed E-state index contributed by atoms with van der Waals surface area (Å²) < 4.78 is 45.0. The smallest absolute Gasteiger partial charge is 0.276 e. The lowest BCUT2D eigenvalue weighted by atomic mass is 10.1. The third-order valence-electron chi connectivity index (χ3n) is 4.84. The van der Waals surface area contributed by atoms with Crippen molar-refractivity contribution in [2.24, 2.45) is 0 Å². The Kier molecular flexibility index (Phi) is 5.59. The summed E-state index contributed by atoms with van der Waals surface area (Å²) in [5.41, 5.74) is 0.885. The van der Waals surface area contributed by atoms with Crippen LogP contribution in [0.2, 0.25) is 5.02 Å². The topological polar surface area (TPSA) is 83.7 Å². The van der Waals surface area contributed by atoms with E-state index in [1.165, 1.54) is 21.3 Å². The zero-order chi connectivity index (χ0) is 21.3. The van der Waals surface area contributed by atoms with E-state index in [0.717, 1.165) is 17.7 Å². The van der Waals surface area contributed by atoms with Gasteiger partial charge in [-0.15, -0.1) is 0 Å². The molecule has 7 nitrogen and oxygen atoms in total. The largest absolute Gasteiger partial charge is 0.355 e. The van der Waals surface area contributed by atoms with E-state index in [-0.39, 0.29) is 42.7 Å². The number of rotatable bonds is 4. The van der Waals surface area contributed by atoms with Crippen molar-refractivity contribution in [3.8, 4) is 11.3 Å². The van der Waals surface area contributed by atoms with Crippen molar-refractivity contribution >= 4 is 27.5 Å². The van der Waals surface area contributed by atoms with Gasteiger partial charge in [0.15, 0.2) is 11.5 Å². The molecule has 1 fully saturated rings. The second-order valence-electron chi connectivity index (χ2n) is 6.73. The Morgan fingerprint density at radius 1 is 1.00 bits per heavy atom. The van der Waals surface area contributed by atoms with Gasteiger partial charge in [0, 0.05) is 42.8 Å². The summed E-state index contributed by atoms with van der Waals surface area (Å²) in [4.78, 5) is 14.3. The predicted molar refractivity (Wildman–Crippen MR) is 108 cm³/mol. The molecule has 0 aliphatic carbocycles. The molecule has 0 N–H and O–H groups in total. The van der Waals surface area contributed by atoms with E-state index < -0.39 is 15.8 Å². The first-order valence-electron chi connectivity index (χ1n) is 9.12. The SMILES string of the molecule is O=C(c1cc(-c2ccc(Cl)cc2)on1)N1CCN(S(=O)(=O)c2ccc(F)cc2)CC1. The Balaban J connectivity index is 1.42. The zero-order valence-electron chi connectivity index (χ0n) is 15.7. The standard InChI is InChI=1S/C20H17ClFN3O4S/c21-15-3-1-14(2-4-15)19-13-18(23-29-19)20(26)24-9-11-25(12-10-24)30(27,28)17-7-5-16(22)6-8-17/h1-8,13H,9-12H2. The highest BCUT2D eigenvalue weighted by atomic mass is 35.5. The van der Waals surface area contributed by atoms with Gasteiger partial charge in [0.1, 0.15) is 5.82 Å². The molecule has 2 heterocycles. The van der Waals surface area contributed by atoms with E-state index in [1.54, 1.807) is 30.3 Å². The maximum atomic E-state index is 13.1. The normalized spacial score (nSPS) is 15.3. The van der Waals surface area contributed by atoms with Crippen LogP contribution >= 0.6 is 11.6 Å². The molecule has 1 amide bonds. The predicted octanol–water partition coefficient (Wildman–Crippen LogP) is 3.28. The van der Waals surface area contributed by atoms with E-state index in [4.69, 9.17) is 16.1 Å². The third-order valence-corrected chi connectivity index (χ3v) is 7.00. The molecule has 0 spiro atoms. The van der Waals surface area contributed by atoms with Crippen LogP contribution in [-0.2, 0) is 10.0 Å². The van der Waals surface area contributed by atoms with Crippen molar-refractivity contribution in [3.05, 3.63) is 71.1 Å². The van der Waals surface area contributed by atoms with Gasteiger partial charge in [-0.1, -0.05) is 16.8 Å². The summed E-state index contributed by atoms with van der Waals surface area (Å²) in [6.45, 7) is 0.686. The first kappa shape index (κ1) is 20.5. The molecule has 2 aromatic carbocycles. The van der Waals surface area contributed by atoms with Crippen molar-refractivity contribution in [2.75, 3.05) is 26.2 Å². The van der Waals surface area contributed by atoms with Crippen LogP contribution in [0.15, 0.2) is 64.0 Å². The van der Waals surface area contributed by atoms with Gasteiger partial charge in [0.2, 0.25) is 10.0 Å². The fraction of sp³-hybridized carbons (Fsp3) is 0.200. The lowest BCUT2D eigenvalue weighted by Gasteiger charge is -2.33. The molecule has 10 heteroatoms. The molecule has 4 rings (SSSR count). The van der Waals surface area contributed by atoms with E-state index in [1.807, 2.05) is 0 Å². The lowest BCUT2D eigenvalue weighted by Crippen LogP contribution is -2.50. The molecule has 1 aliphatic heterocycles. The van der Waals surface area contributed by atoms with Gasteiger partial charge in [0.25, 0.3) is 5.91 Å². The average Bonchev–Trinajstić information content (AvgIpc) is 3.24. The van der Waals surface area contributed by atoms with Crippen molar-refractivity contribution in [1.82, 2.24) is 14.4 Å². The van der Waals surface area contributed by atoms with E-state index in [0.29, 0.717) is 10.8 Å². The molecule has 0 unspecified atom stereocenters. The summed E-state index contributed by atoms with van der Waals surface area (Å²) in [6.07, 6.45) is 0. The second kappa shape index (κ2) is 8.17. The highest BCUT2D eigenvalue weighted by molar-refractivity contribution is 7.89. The number of hydrogen-bond donors (Lipinski definition) is 0. The van der Waals surface area contributed by atoms with Gasteiger partial charge in [0.05, 0.1) is 4.90 Å². The minimum Gasteiger partial charge on any atom is -0.355 e. The lowest BCUT2D eigenvalue weighted by molar-refractivity contribution is 0.0687. The van der Waals surface area contributed by atoms with Gasteiger partial charge in [-0.3, -0.25) is 4.79 Å². The van der Waals surface area contributed by atoms with Gasteiger partial charge < -0.3 is 9.42 Å². The van der Waals surface area contributed by atoms with Gasteiger partial charge in [-0.05, 0) is 48.5 Å². The first-order chi connectivity index (χ1) is 14.3. The second-order valence-corrected chi connectivity index (χ2v) is 9.11. The molecule has 1 saturated heterocycles. The van der Waals surface area contributed by atoms with Crippen molar-refractivity contribution in [1.29, 1.82) is 0 Å². The van der Waals surface area contributed by atoms with Crippen molar-refractivity contribution in [2.45, 2.75) is 4.90 Å². The number of hydrogen-bond acceptors (Lipinski definition) is 5. The van der Waals surface area contributed by atoms with Gasteiger partial charge in [-0.25, -0.2) is 12.8 Å². The number of halogens is 2. The molecule has 1 aromatic heterocycles. The summed E-state index contributed by atoms with van der Waals surface area (Å²) in [5.74, 6) is -0.403. The van der Waals surface area contributed by atoms with Crippen molar-refractivity contribution < 1.29 is 22.1 Å². The van der Waals surface area contributed by atoms with Crippen LogP contribution in [0.1, 0.15) is 10.5 Å².